The Bertz CT molecular complexity index is 318. The summed E-state index contributed by atoms with van der Waals surface area (Å²) in [5.74, 6) is 0. The van der Waals surface area contributed by atoms with Crippen molar-refractivity contribution in [2.45, 2.75) is 38.8 Å². The van der Waals surface area contributed by atoms with Gasteiger partial charge in [0.15, 0.2) is 0 Å². The second kappa shape index (κ2) is 4.67. The lowest BCUT2D eigenvalue weighted by molar-refractivity contribution is 0.255. The summed E-state index contributed by atoms with van der Waals surface area (Å²) in [6.07, 6.45) is 3.99. The van der Waals surface area contributed by atoms with E-state index in [4.69, 9.17) is 5.73 Å². The van der Waals surface area contributed by atoms with E-state index in [1.165, 1.54) is 31.4 Å². The summed E-state index contributed by atoms with van der Waals surface area (Å²) >= 11 is 0. The largest absolute Gasteiger partial charge is 0.399 e. The van der Waals surface area contributed by atoms with Crippen LogP contribution in [0.3, 0.4) is 0 Å². The van der Waals surface area contributed by atoms with Gasteiger partial charge in [-0.2, -0.15) is 0 Å². The summed E-state index contributed by atoms with van der Waals surface area (Å²) in [6.45, 7) is 4.51. The first-order chi connectivity index (χ1) is 7.29. The van der Waals surface area contributed by atoms with Gasteiger partial charge in [-0.3, -0.25) is 4.90 Å². The average molecular weight is 204 g/mol. The molecule has 1 aromatic carbocycles. The Hall–Kier alpha value is -1.02. The predicted octanol–water partition coefficient (Wildman–Crippen LogP) is 2.64. The quantitative estimate of drug-likeness (QED) is 0.747. The molecule has 2 nitrogen and oxygen atoms in total. The second-order valence-corrected chi connectivity index (χ2v) is 4.45. The molecule has 0 atom stereocenters. The Morgan fingerprint density at radius 3 is 2.80 bits per heavy atom. The third kappa shape index (κ3) is 2.96. The first-order valence-corrected chi connectivity index (χ1v) is 5.88. The number of anilines is 1. The highest BCUT2D eigenvalue weighted by Gasteiger charge is 2.27. The van der Waals surface area contributed by atoms with Crippen molar-refractivity contribution in [3.8, 4) is 0 Å². The molecule has 82 valence electrons. The Balaban J connectivity index is 1.98. The monoisotopic (exact) mass is 204 g/mol. The van der Waals surface area contributed by atoms with E-state index >= 15 is 0 Å². The minimum Gasteiger partial charge on any atom is -0.399 e. The highest BCUT2D eigenvalue weighted by Crippen LogP contribution is 2.28. The van der Waals surface area contributed by atoms with Gasteiger partial charge < -0.3 is 5.73 Å². The summed E-state index contributed by atoms with van der Waals surface area (Å²) in [4.78, 5) is 2.58. The molecule has 0 aromatic heterocycles. The molecule has 0 bridgehead atoms. The SMILES string of the molecule is CCCN(Cc1cccc(N)c1)C1CC1. The van der Waals surface area contributed by atoms with Crippen LogP contribution in [-0.4, -0.2) is 17.5 Å². The molecule has 0 radical (unpaired) electrons. The minimum atomic E-state index is 0.839. The van der Waals surface area contributed by atoms with Gasteiger partial charge in [0.25, 0.3) is 0 Å². The molecule has 0 amide bonds. The molecule has 2 rings (SSSR count). The molecule has 0 saturated heterocycles. The molecule has 0 spiro atoms. The maximum absolute atomic E-state index is 5.78. The van der Waals surface area contributed by atoms with Gasteiger partial charge in [-0.25, -0.2) is 0 Å². The summed E-state index contributed by atoms with van der Waals surface area (Å²) in [5, 5.41) is 0. The van der Waals surface area contributed by atoms with Crippen LogP contribution in [0.15, 0.2) is 24.3 Å². The molecule has 1 saturated carbocycles. The molecule has 0 heterocycles. The van der Waals surface area contributed by atoms with Crippen LogP contribution in [0.25, 0.3) is 0 Å². The van der Waals surface area contributed by atoms with Crippen LogP contribution in [0.2, 0.25) is 0 Å². The predicted molar refractivity (Wildman–Crippen MR) is 64.6 cm³/mol. The van der Waals surface area contributed by atoms with E-state index in [0.29, 0.717) is 0 Å². The molecule has 1 aromatic rings. The molecule has 0 unspecified atom stereocenters. The van der Waals surface area contributed by atoms with E-state index in [9.17, 15) is 0 Å². The van der Waals surface area contributed by atoms with Crippen molar-refractivity contribution >= 4 is 5.69 Å². The van der Waals surface area contributed by atoms with E-state index in [0.717, 1.165) is 18.3 Å². The maximum atomic E-state index is 5.78. The standard InChI is InChI=1S/C13H20N2/c1-2-8-15(13-6-7-13)10-11-4-3-5-12(14)9-11/h3-5,9,13H,2,6-8,10,14H2,1H3. The summed E-state index contributed by atoms with van der Waals surface area (Å²) in [5.41, 5.74) is 8.00. The van der Waals surface area contributed by atoms with Crippen molar-refractivity contribution in [2.75, 3.05) is 12.3 Å². The fourth-order valence-electron chi connectivity index (χ4n) is 2.04. The molecule has 2 N–H and O–H groups in total. The van der Waals surface area contributed by atoms with Gasteiger partial charge in [-0.05, 0) is 43.5 Å². The molecule has 1 aliphatic carbocycles. The normalized spacial score (nSPS) is 15.9. The number of hydrogen-bond donors (Lipinski definition) is 1. The lowest BCUT2D eigenvalue weighted by atomic mass is 10.2. The van der Waals surface area contributed by atoms with Crippen molar-refractivity contribution in [3.63, 3.8) is 0 Å². The van der Waals surface area contributed by atoms with Crippen molar-refractivity contribution in [3.05, 3.63) is 29.8 Å². The maximum Gasteiger partial charge on any atom is 0.0317 e. The fraction of sp³-hybridized carbons (Fsp3) is 0.538. The van der Waals surface area contributed by atoms with Crippen LogP contribution in [0, 0.1) is 0 Å². The zero-order valence-electron chi connectivity index (χ0n) is 9.45. The smallest absolute Gasteiger partial charge is 0.0317 e. The molecular formula is C13H20N2. The Labute approximate surface area is 92.1 Å². The average Bonchev–Trinajstić information content (AvgIpc) is 3.00. The van der Waals surface area contributed by atoms with Gasteiger partial charge >= 0.3 is 0 Å². The number of nitrogens with zero attached hydrogens (tertiary/aromatic N) is 1. The topological polar surface area (TPSA) is 29.3 Å². The van der Waals surface area contributed by atoms with Gasteiger partial charge in [0.2, 0.25) is 0 Å². The number of benzene rings is 1. The summed E-state index contributed by atoms with van der Waals surface area (Å²) < 4.78 is 0. The highest BCUT2D eigenvalue weighted by atomic mass is 15.2. The van der Waals surface area contributed by atoms with Crippen LogP contribution < -0.4 is 5.73 Å². The van der Waals surface area contributed by atoms with Crippen molar-refractivity contribution in [1.29, 1.82) is 0 Å². The van der Waals surface area contributed by atoms with Crippen molar-refractivity contribution < 1.29 is 0 Å². The van der Waals surface area contributed by atoms with Crippen LogP contribution in [0.4, 0.5) is 5.69 Å². The molecule has 15 heavy (non-hydrogen) atoms. The third-order valence-corrected chi connectivity index (χ3v) is 2.91. The Morgan fingerprint density at radius 1 is 1.40 bits per heavy atom. The zero-order chi connectivity index (χ0) is 10.7. The fourth-order valence-corrected chi connectivity index (χ4v) is 2.04. The summed E-state index contributed by atoms with van der Waals surface area (Å²) in [7, 11) is 0. The first-order valence-electron chi connectivity index (χ1n) is 5.88. The lowest BCUT2D eigenvalue weighted by Gasteiger charge is -2.21. The number of nitrogen functional groups attached to an aromatic ring is 1. The number of rotatable bonds is 5. The van der Waals surface area contributed by atoms with Crippen LogP contribution >= 0.6 is 0 Å². The summed E-state index contributed by atoms with van der Waals surface area (Å²) in [6, 6.07) is 9.09. The molecule has 1 fully saturated rings. The van der Waals surface area contributed by atoms with E-state index in [1.54, 1.807) is 0 Å². The molecule has 2 heteroatoms. The molecule has 1 aliphatic rings. The van der Waals surface area contributed by atoms with Crippen molar-refractivity contribution in [2.24, 2.45) is 0 Å². The lowest BCUT2D eigenvalue weighted by Crippen LogP contribution is -2.26. The van der Waals surface area contributed by atoms with E-state index < -0.39 is 0 Å². The molecular weight excluding hydrogens is 184 g/mol. The van der Waals surface area contributed by atoms with Gasteiger partial charge in [-0.15, -0.1) is 0 Å². The number of hydrogen-bond acceptors (Lipinski definition) is 2. The highest BCUT2D eigenvalue weighted by molar-refractivity contribution is 5.40. The second-order valence-electron chi connectivity index (χ2n) is 4.45. The third-order valence-electron chi connectivity index (χ3n) is 2.91. The minimum absolute atomic E-state index is 0.839. The Kier molecular flexibility index (Phi) is 3.27. The van der Waals surface area contributed by atoms with Gasteiger partial charge in [0, 0.05) is 18.3 Å². The van der Waals surface area contributed by atoms with Crippen molar-refractivity contribution in [1.82, 2.24) is 4.90 Å². The molecule has 0 aliphatic heterocycles. The Morgan fingerprint density at radius 2 is 2.20 bits per heavy atom. The first kappa shape index (κ1) is 10.5. The van der Waals surface area contributed by atoms with Gasteiger partial charge in [-0.1, -0.05) is 19.1 Å². The van der Waals surface area contributed by atoms with Crippen LogP contribution in [0.1, 0.15) is 31.7 Å². The van der Waals surface area contributed by atoms with E-state index in [1.807, 2.05) is 12.1 Å². The van der Waals surface area contributed by atoms with E-state index in [2.05, 4.69) is 24.0 Å². The van der Waals surface area contributed by atoms with Gasteiger partial charge in [0.1, 0.15) is 0 Å². The van der Waals surface area contributed by atoms with Crippen LogP contribution in [-0.2, 0) is 6.54 Å². The van der Waals surface area contributed by atoms with Crippen LogP contribution in [0.5, 0.6) is 0 Å². The van der Waals surface area contributed by atoms with E-state index in [-0.39, 0.29) is 0 Å². The van der Waals surface area contributed by atoms with Gasteiger partial charge in [0.05, 0.1) is 0 Å². The number of nitrogens with two attached hydrogens (primary N) is 1. The zero-order valence-corrected chi connectivity index (χ0v) is 9.45.